The van der Waals surface area contributed by atoms with Gasteiger partial charge in [-0.2, -0.15) is 0 Å². The molecule has 10 heteroatoms. The third-order valence-electron chi connectivity index (χ3n) is 8.11. The molecule has 2 fully saturated rings. The number of rotatable bonds is 12. The molecule has 3 aromatic heterocycles. The van der Waals surface area contributed by atoms with Crippen LogP contribution in [0, 0.1) is 17.7 Å². The van der Waals surface area contributed by atoms with Crippen molar-refractivity contribution in [1.29, 1.82) is 0 Å². The van der Waals surface area contributed by atoms with E-state index in [1.165, 1.54) is 17.4 Å². The number of ether oxygens (including phenoxy) is 1. The Hall–Kier alpha value is -3.73. The van der Waals surface area contributed by atoms with Gasteiger partial charge in [0, 0.05) is 70.6 Å². The number of aliphatic carboxylic acids is 1. The zero-order chi connectivity index (χ0) is 29.9. The first kappa shape index (κ1) is 29.3. The normalized spacial score (nSPS) is 16.8. The number of halogens is 1. The molecule has 8 nitrogen and oxygen atoms in total. The van der Waals surface area contributed by atoms with Crippen molar-refractivity contribution in [3.05, 3.63) is 71.8 Å². The molecule has 1 atom stereocenters. The number of hydrogen-bond acceptors (Lipinski definition) is 8. The zero-order valence-electron chi connectivity index (χ0n) is 24.2. The summed E-state index contributed by atoms with van der Waals surface area (Å²) >= 11 is 1.50. The standard InChI is InChI=1S/C33H35FN4O4S/c1-21(33(40)41)19-37-10-12-38(13-11-37)20-24-4-6-27(36-18-24)31-17-28-32(43-31)30(8-9-35-28)42-29-7-5-23(16-26(29)34)15-25(39)14-22-2-3-22/h4-9,16-18,21-22H,2-3,10-15,19-20H2,1H3,(H,40,41)/t21-/m1/s1. The maximum Gasteiger partial charge on any atom is 0.307 e. The molecule has 1 saturated heterocycles. The quantitative estimate of drug-likeness (QED) is 0.210. The van der Waals surface area contributed by atoms with E-state index in [0.29, 0.717) is 30.2 Å². The number of benzene rings is 1. The molecular weight excluding hydrogens is 567 g/mol. The number of hydrogen-bond donors (Lipinski definition) is 1. The molecule has 2 aliphatic rings. The van der Waals surface area contributed by atoms with Gasteiger partial charge >= 0.3 is 5.97 Å². The number of aromatic nitrogens is 2. The molecule has 43 heavy (non-hydrogen) atoms. The number of carbonyl (C=O) groups is 2. The second-order valence-corrected chi connectivity index (χ2v) is 12.8. The lowest BCUT2D eigenvalue weighted by molar-refractivity contribution is -0.141. The molecule has 1 aliphatic heterocycles. The molecule has 0 spiro atoms. The monoisotopic (exact) mass is 602 g/mol. The van der Waals surface area contributed by atoms with E-state index in [1.54, 1.807) is 31.3 Å². The van der Waals surface area contributed by atoms with Gasteiger partial charge in [-0.3, -0.25) is 29.4 Å². The van der Waals surface area contributed by atoms with Crippen molar-refractivity contribution in [2.45, 2.75) is 39.2 Å². The Balaban J connectivity index is 1.08. The Morgan fingerprint density at radius 3 is 2.49 bits per heavy atom. The van der Waals surface area contributed by atoms with E-state index >= 15 is 0 Å². The van der Waals surface area contributed by atoms with Gasteiger partial charge in [-0.15, -0.1) is 11.3 Å². The summed E-state index contributed by atoms with van der Waals surface area (Å²) in [5.74, 6) is -0.297. The van der Waals surface area contributed by atoms with Gasteiger partial charge in [0.2, 0.25) is 0 Å². The highest BCUT2D eigenvalue weighted by molar-refractivity contribution is 7.22. The Morgan fingerprint density at radius 1 is 1.02 bits per heavy atom. The van der Waals surface area contributed by atoms with Crippen LogP contribution < -0.4 is 4.74 Å². The van der Waals surface area contributed by atoms with Gasteiger partial charge in [0.25, 0.3) is 0 Å². The summed E-state index contributed by atoms with van der Waals surface area (Å²) in [6.45, 7) is 6.62. The predicted molar refractivity (Wildman–Crippen MR) is 164 cm³/mol. The molecule has 4 heterocycles. The molecular formula is C33H35FN4O4S. The highest BCUT2D eigenvalue weighted by Crippen LogP contribution is 2.39. The van der Waals surface area contributed by atoms with Crippen molar-refractivity contribution in [1.82, 2.24) is 19.8 Å². The van der Waals surface area contributed by atoms with E-state index in [2.05, 4.69) is 20.9 Å². The Labute approximate surface area is 254 Å². The summed E-state index contributed by atoms with van der Waals surface area (Å²) in [5, 5.41) is 9.16. The number of carboxylic acid groups (broad SMARTS) is 1. The van der Waals surface area contributed by atoms with Crippen molar-refractivity contribution < 1.29 is 23.8 Å². The lowest BCUT2D eigenvalue weighted by Gasteiger charge is -2.35. The first-order valence-corrected chi connectivity index (χ1v) is 15.6. The lowest BCUT2D eigenvalue weighted by Crippen LogP contribution is -2.47. The highest BCUT2D eigenvalue weighted by Gasteiger charge is 2.25. The molecule has 224 valence electrons. The van der Waals surface area contributed by atoms with E-state index in [9.17, 15) is 14.0 Å². The molecule has 0 radical (unpaired) electrons. The van der Waals surface area contributed by atoms with Crippen molar-refractivity contribution in [2.75, 3.05) is 32.7 Å². The van der Waals surface area contributed by atoms with Gasteiger partial charge in [0.1, 0.15) is 11.5 Å². The number of pyridine rings is 2. The summed E-state index contributed by atoms with van der Waals surface area (Å²) in [5.41, 5.74) is 3.36. The maximum atomic E-state index is 14.9. The SMILES string of the molecule is C[C@H](CN1CCN(Cc2ccc(-c3cc4nccc(Oc5ccc(CC(=O)CC6CC6)cc5F)c4s3)nc2)CC1)C(=O)O. The van der Waals surface area contributed by atoms with Crippen LogP contribution in [0.15, 0.2) is 54.9 Å². The zero-order valence-corrected chi connectivity index (χ0v) is 25.0. The van der Waals surface area contributed by atoms with Crippen molar-refractivity contribution in [3.8, 4) is 22.1 Å². The van der Waals surface area contributed by atoms with Gasteiger partial charge < -0.3 is 9.84 Å². The number of thiophene rings is 1. The minimum Gasteiger partial charge on any atom is -0.481 e. The van der Waals surface area contributed by atoms with Crippen LogP contribution in [0.1, 0.15) is 37.3 Å². The fourth-order valence-electron chi connectivity index (χ4n) is 5.44. The minimum absolute atomic E-state index is 0.112. The summed E-state index contributed by atoms with van der Waals surface area (Å²) in [7, 11) is 0. The molecule has 1 N–H and O–H groups in total. The summed E-state index contributed by atoms with van der Waals surface area (Å²) in [6, 6.07) is 12.5. The molecule has 4 aromatic rings. The van der Waals surface area contributed by atoms with E-state index in [1.807, 2.05) is 18.3 Å². The third-order valence-corrected chi connectivity index (χ3v) is 9.27. The topological polar surface area (TPSA) is 95.9 Å². The molecule has 1 saturated carbocycles. The van der Waals surface area contributed by atoms with Crippen LogP contribution in [0.3, 0.4) is 0 Å². The first-order chi connectivity index (χ1) is 20.8. The van der Waals surface area contributed by atoms with Gasteiger partial charge in [-0.25, -0.2) is 4.39 Å². The number of carbonyl (C=O) groups excluding carboxylic acids is 1. The Morgan fingerprint density at radius 2 is 1.79 bits per heavy atom. The van der Waals surface area contributed by atoms with Gasteiger partial charge in [-0.1, -0.05) is 19.1 Å². The second-order valence-electron chi connectivity index (χ2n) is 11.7. The summed E-state index contributed by atoms with van der Waals surface area (Å²) in [4.78, 5) is 38.1. The largest absolute Gasteiger partial charge is 0.481 e. The number of piperazine rings is 1. The van der Waals surface area contributed by atoms with Crippen LogP contribution in [0.5, 0.6) is 11.5 Å². The lowest BCUT2D eigenvalue weighted by atomic mass is 10.0. The molecule has 0 bridgehead atoms. The van der Waals surface area contributed by atoms with Crippen LogP contribution in [-0.4, -0.2) is 69.4 Å². The number of nitrogens with zero attached hydrogens (tertiary/aromatic N) is 4. The molecule has 1 aliphatic carbocycles. The average molecular weight is 603 g/mol. The number of fused-ring (bicyclic) bond motifs is 1. The number of carboxylic acids is 1. The number of ketones is 1. The fourth-order valence-corrected chi connectivity index (χ4v) is 6.48. The van der Waals surface area contributed by atoms with E-state index in [-0.39, 0.29) is 23.9 Å². The predicted octanol–water partition coefficient (Wildman–Crippen LogP) is 6.04. The third kappa shape index (κ3) is 7.44. The minimum atomic E-state index is -0.750. The van der Waals surface area contributed by atoms with Gasteiger partial charge in [0.15, 0.2) is 11.6 Å². The van der Waals surface area contributed by atoms with Crippen LogP contribution >= 0.6 is 11.3 Å². The van der Waals surface area contributed by atoms with Gasteiger partial charge in [-0.05, 0) is 54.2 Å². The molecule has 1 aromatic carbocycles. The van der Waals surface area contributed by atoms with Crippen LogP contribution in [0.2, 0.25) is 0 Å². The average Bonchev–Trinajstić information content (AvgIpc) is 3.69. The first-order valence-electron chi connectivity index (χ1n) is 14.8. The molecule has 0 unspecified atom stereocenters. The number of Topliss-reactive ketones (excluding diaryl/α,β-unsaturated/α-hetero) is 1. The van der Waals surface area contributed by atoms with Crippen LogP contribution in [-0.2, 0) is 22.6 Å². The van der Waals surface area contributed by atoms with E-state index < -0.39 is 11.8 Å². The summed E-state index contributed by atoms with van der Waals surface area (Å²) < 4.78 is 21.8. The Kier molecular flexibility index (Phi) is 8.78. The Bertz CT molecular complexity index is 1610. The summed E-state index contributed by atoms with van der Waals surface area (Å²) in [6.07, 6.45) is 6.62. The van der Waals surface area contributed by atoms with Crippen LogP contribution in [0.25, 0.3) is 20.8 Å². The fraction of sp³-hybridized carbons (Fsp3) is 0.394. The highest BCUT2D eigenvalue weighted by atomic mass is 32.1. The van der Waals surface area contributed by atoms with Crippen molar-refractivity contribution >= 4 is 33.3 Å². The van der Waals surface area contributed by atoms with Gasteiger partial charge in [0.05, 0.1) is 26.7 Å². The second kappa shape index (κ2) is 12.9. The van der Waals surface area contributed by atoms with Crippen molar-refractivity contribution in [3.63, 3.8) is 0 Å². The van der Waals surface area contributed by atoms with E-state index in [4.69, 9.17) is 14.8 Å². The molecule has 0 amide bonds. The smallest absolute Gasteiger partial charge is 0.307 e. The van der Waals surface area contributed by atoms with Crippen LogP contribution in [0.4, 0.5) is 4.39 Å². The van der Waals surface area contributed by atoms with Crippen molar-refractivity contribution in [2.24, 2.45) is 11.8 Å². The van der Waals surface area contributed by atoms with E-state index in [0.717, 1.165) is 71.9 Å². The molecule has 6 rings (SSSR count). The maximum absolute atomic E-state index is 14.9.